The van der Waals surface area contributed by atoms with E-state index < -0.39 is 5.97 Å². The Morgan fingerprint density at radius 2 is 2.09 bits per heavy atom. The van der Waals surface area contributed by atoms with E-state index in [0.717, 1.165) is 21.9 Å². The molecule has 0 bridgehead atoms. The fourth-order valence-corrected chi connectivity index (χ4v) is 4.05. The Morgan fingerprint density at radius 1 is 1.35 bits per heavy atom. The first-order valence-corrected chi connectivity index (χ1v) is 8.98. The lowest BCUT2D eigenvalue weighted by atomic mass is 10.1. The number of aryl methyl sites for hydroxylation is 1. The van der Waals surface area contributed by atoms with Crippen molar-refractivity contribution in [1.29, 1.82) is 0 Å². The molecule has 0 aliphatic heterocycles. The second kappa shape index (κ2) is 7.72. The predicted molar refractivity (Wildman–Crippen MR) is 93.5 cm³/mol. The molecule has 23 heavy (non-hydrogen) atoms. The number of quaternary nitrogens is 1. The second-order valence-electron chi connectivity index (χ2n) is 5.47. The van der Waals surface area contributed by atoms with Crippen LogP contribution < -0.4 is 10.2 Å². The minimum atomic E-state index is -0.416. The van der Waals surface area contributed by atoms with Crippen LogP contribution in [0.4, 0.5) is 5.00 Å². The normalized spacial score (nSPS) is 12.0. The quantitative estimate of drug-likeness (QED) is 0.780. The molecule has 1 atom stereocenters. The Hall–Kier alpha value is -1.70. The lowest BCUT2D eigenvalue weighted by molar-refractivity contribution is -0.885. The molecule has 0 spiro atoms. The van der Waals surface area contributed by atoms with Crippen LogP contribution in [0, 0.1) is 13.8 Å². The highest BCUT2D eigenvalue weighted by Crippen LogP contribution is 2.32. The van der Waals surface area contributed by atoms with Crippen LogP contribution in [0.15, 0.2) is 16.8 Å². The number of carbonyl (C=O) groups is 2. The summed E-state index contributed by atoms with van der Waals surface area (Å²) >= 11 is 3.06. The maximum Gasteiger partial charge on any atom is 0.341 e. The van der Waals surface area contributed by atoms with Gasteiger partial charge < -0.3 is 15.0 Å². The molecule has 2 aromatic rings. The van der Waals surface area contributed by atoms with Crippen LogP contribution in [0.1, 0.15) is 26.4 Å². The molecule has 0 radical (unpaired) electrons. The Morgan fingerprint density at radius 3 is 2.70 bits per heavy atom. The number of rotatable bonds is 6. The minimum Gasteiger partial charge on any atom is -0.465 e. The molecule has 0 aliphatic carbocycles. The number of nitrogens with one attached hydrogen (secondary N) is 2. The highest BCUT2D eigenvalue weighted by atomic mass is 32.1. The summed E-state index contributed by atoms with van der Waals surface area (Å²) in [6.45, 7) is 4.92. The van der Waals surface area contributed by atoms with Gasteiger partial charge in [0.25, 0.3) is 5.91 Å². The van der Waals surface area contributed by atoms with Gasteiger partial charge in [-0.1, -0.05) is 0 Å². The fourth-order valence-electron chi connectivity index (χ4n) is 2.31. The summed E-state index contributed by atoms with van der Waals surface area (Å²) in [7, 11) is 3.32. The van der Waals surface area contributed by atoms with Crippen LogP contribution in [-0.2, 0) is 16.1 Å². The minimum absolute atomic E-state index is 0.107. The monoisotopic (exact) mass is 353 g/mol. The topological polar surface area (TPSA) is 59.8 Å². The highest BCUT2D eigenvalue weighted by molar-refractivity contribution is 7.16. The van der Waals surface area contributed by atoms with Gasteiger partial charge in [-0.2, -0.15) is 11.3 Å². The fraction of sp³-hybridized carbons (Fsp3) is 0.375. The number of carbonyl (C=O) groups excluding carboxylic acids is 2. The van der Waals surface area contributed by atoms with Crippen molar-refractivity contribution in [2.24, 2.45) is 0 Å². The Labute approximate surface area is 143 Å². The van der Waals surface area contributed by atoms with Crippen molar-refractivity contribution in [2.75, 3.05) is 26.0 Å². The van der Waals surface area contributed by atoms with Gasteiger partial charge in [0.05, 0.1) is 19.7 Å². The predicted octanol–water partition coefficient (Wildman–Crippen LogP) is 1.87. The summed E-state index contributed by atoms with van der Waals surface area (Å²) in [4.78, 5) is 26.3. The molecule has 2 aromatic heterocycles. The molecule has 1 amide bonds. The van der Waals surface area contributed by atoms with Crippen LogP contribution in [0.2, 0.25) is 0 Å². The number of methoxy groups -OCH3 is 1. The third kappa shape index (κ3) is 4.40. The number of hydrogen-bond acceptors (Lipinski definition) is 5. The van der Waals surface area contributed by atoms with Gasteiger partial charge in [-0.25, -0.2) is 4.79 Å². The summed E-state index contributed by atoms with van der Waals surface area (Å²) in [5.74, 6) is -0.523. The molecular formula is C16H21N2O3S2+. The van der Waals surface area contributed by atoms with Crippen molar-refractivity contribution < 1.29 is 19.2 Å². The van der Waals surface area contributed by atoms with E-state index in [-0.39, 0.29) is 5.91 Å². The average molecular weight is 353 g/mol. The summed E-state index contributed by atoms with van der Waals surface area (Å²) in [6.07, 6.45) is 0. The maximum absolute atomic E-state index is 12.3. The largest absolute Gasteiger partial charge is 0.465 e. The van der Waals surface area contributed by atoms with Crippen molar-refractivity contribution in [3.63, 3.8) is 0 Å². The van der Waals surface area contributed by atoms with Gasteiger partial charge in [0.15, 0.2) is 6.54 Å². The van der Waals surface area contributed by atoms with Crippen molar-refractivity contribution >= 4 is 39.6 Å². The molecule has 2 heterocycles. The molecule has 1 unspecified atom stereocenters. The molecule has 0 aliphatic rings. The van der Waals surface area contributed by atoms with Crippen molar-refractivity contribution in [3.8, 4) is 0 Å². The number of likely N-dealkylation sites (N-methyl/N-ethyl adjacent to an activating group) is 1. The summed E-state index contributed by atoms with van der Waals surface area (Å²) in [6, 6.07) is 2.06. The third-order valence-corrected chi connectivity index (χ3v) is 5.43. The van der Waals surface area contributed by atoms with E-state index in [1.807, 2.05) is 26.3 Å². The van der Waals surface area contributed by atoms with Crippen LogP contribution in [0.3, 0.4) is 0 Å². The molecule has 2 N–H and O–H groups in total. The SMILES string of the molecule is COC(=O)c1c(NC(=O)C[NH+](C)Cc2ccsc2)sc(C)c1C. The third-order valence-electron chi connectivity index (χ3n) is 3.58. The maximum atomic E-state index is 12.3. The Bertz CT molecular complexity index is 692. The van der Waals surface area contributed by atoms with E-state index >= 15 is 0 Å². The van der Waals surface area contributed by atoms with E-state index in [0.29, 0.717) is 17.1 Å². The van der Waals surface area contributed by atoms with E-state index in [4.69, 9.17) is 4.74 Å². The number of esters is 1. The lowest BCUT2D eigenvalue weighted by Gasteiger charge is -2.13. The molecule has 2 rings (SSSR count). The van der Waals surface area contributed by atoms with Gasteiger partial charge in [-0.05, 0) is 36.2 Å². The lowest BCUT2D eigenvalue weighted by Crippen LogP contribution is -3.08. The molecule has 0 saturated heterocycles. The molecule has 0 fully saturated rings. The summed E-state index contributed by atoms with van der Waals surface area (Å²) < 4.78 is 4.82. The number of hydrogen-bond donors (Lipinski definition) is 2. The first-order valence-electron chi connectivity index (χ1n) is 7.23. The van der Waals surface area contributed by atoms with Crippen molar-refractivity contribution in [3.05, 3.63) is 38.4 Å². The van der Waals surface area contributed by atoms with E-state index in [1.54, 1.807) is 11.3 Å². The average Bonchev–Trinajstić information content (AvgIpc) is 3.07. The highest BCUT2D eigenvalue weighted by Gasteiger charge is 2.22. The first kappa shape index (κ1) is 17.7. The van der Waals surface area contributed by atoms with Gasteiger partial charge in [-0.15, -0.1) is 11.3 Å². The zero-order chi connectivity index (χ0) is 17.0. The molecule has 5 nitrogen and oxygen atoms in total. The van der Waals surface area contributed by atoms with Gasteiger partial charge in [0, 0.05) is 10.4 Å². The van der Waals surface area contributed by atoms with Crippen LogP contribution in [0.5, 0.6) is 0 Å². The van der Waals surface area contributed by atoms with E-state index in [2.05, 4.69) is 16.8 Å². The number of amides is 1. The van der Waals surface area contributed by atoms with Crippen LogP contribution >= 0.6 is 22.7 Å². The molecular weight excluding hydrogens is 332 g/mol. The smallest absolute Gasteiger partial charge is 0.341 e. The number of thiophene rings is 2. The van der Waals surface area contributed by atoms with Gasteiger partial charge >= 0.3 is 5.97 Å². The van der Waals surface area contributed by atoms with Crippen LogP contribution in [-0.4, -0.2) is 32.6 Å². The summed E-state index contributed by atoms with van der Waals surface area (Å²) in [5, 5.41) is 7.54. The van der Waals surface area contributed by atoms with Crippen molar-refractivity contribution in [2.45, 2.75) is 20.4 Å². The number of ether oxygens (including phenoxy) is 1. The standard InChI is InChI=1S/C16H20N2O3S2/c1-10-11(2)23-15(14(10)16(20)21-4)17-13(19)8-18(3)7-12-5-6-22-9-12/h5-6,9H,7-8H2,1-4H3,(H,17,19)/p+1. The Balaban J connectivity index is 2.02. The van der Waals surface area contributed by atoms with Gasteiger partial charge in [0.2, 0.25) is 0 Å². The molecule has 124 valence electrons. The molecule has 0 saturated carbocycles. The molecule has 7 heteroatoms. The van der Waals surface area contributed by atoms with Gasteiger partial charge in [-0.3, -0.25) is 4.79 Å². The van der Waals surface area contributed by atoms with E-state index in [1.165, 1.54) is 24.0 Å². The van der Waals surface area contributed by atoms with E-state index in [9.17, 15) is 9.59 Å². The zero-order valence-corrected chi connectivity index (χ0v) is 15.3. The summed E-state index contributed by atoms with van der Waals surface area (Å²) in [5.41, 5.74) is 2.54. The Kier molecular flexibility index (Phi) is 5.92. The first-order chi connectivity index (χ1) is 10.9. The van der Waals surface area contributed by atoms with Gasteiger partial charge in [0.1, 0.15) is 11.5 Å². The van der Waals surface area contributed by atoms with Crippen molar-refractivity contribution in [1.82, 2.24) is 0 Å². The number of anilines is 1. The second-order valence-corrected chi connectivity index (χ2v) is 7.47. The van der Waals surface area contributed by atoms with Crippen LogP contribution in [0.25, 0.3) is 0 Å². The molecule has 0 aromatic carbocycles. The zero-order valence-electron chi connectivity index (χ0n) is 13.7.